The zero-order valence-corrected chi connectivity index (χ0v) is 15.8. The molecule has 0 saturated heterocycles. The minimum Gasteiger partial charge on any atom is -0.451 e. The first-order chi connectivity index (χ1) is 12.8. The molecule has 27 heavy (non-hydrogen) atoms. The summed E-state index contributed by atoms with van der Waals surface area (Å²) < 4.78 is 44.1. The molecule has 0 radical (unpaired) electrons. The number of carbonyl (C=O) groups excluding carboxylic acids is 2. The van der Waals surface area contributed by atoms with Crippen LogP contribution in [-0.2, 0) is 9.53 Å². The normalized spacial score (nSPS) is 20.3. The molecule has 1 fully saturated rings. The zero-order valence-electron chi connectivity index (χ0n) is 14.1. The number of ether oxygens (including phenoxy) is 1. The Labute approximate surface area is 161 Å². The number of hydrogen-bond donors (Lipinski definition) is 1. The minimum atomic E-state index is -4.35. The van der Waals surface area contributed by atoms with Crippen LogP contribution in [0.15, 0.2) is 22.9 Å². The van der Waals surface area contributed by atoms with Gasteiger partial charge in [-0.05, 0) is 24.3 Å². The van der Waals surface area contributed by atoms with Gasteiger partial charge in [-0.15, -0.1) is 22.7 Å². The predicted molar refractivity (Wildman–Crippen MR) is 95.7 cm³/mol. The monoisotopic (exact) mass is 418 g/mol. The van der Waals surface area contributed by atoms with Gasteiger partial charge in [-0.1, -0.05) is 18.9 Å². The van der Waals surface area contributed by atoms with Crippen LogP contribution < -0.4 is 5.32 Å². The van der Waals surface area contributed by atoms with Crippen LogP contribution in [0.4, 0.5) is 13.2 Å². The van der Waals surface area contributed by atoms with Crippen molar-refractivity contribution in [2.24, 2.45) is 5.92 Å². The molecule has 1 aliphatic rings. The lowest BCUT2D eigenvalue weighted by atomic mass is 9.84. The number of amides is 1. The molecule has 1 saturated carbocycles. The third-order valence-electron chi connectivity index (χ3n) is 4.31. The number of thiazole rings is 1. The van der Waals surface area contributed by atoms with Crippen LogP contribution in [0.1, 0.15) is 36.2 Å². The van der Waals surface area contributed by atoms with Crippen molar-refractivity contribution >= 4 is 34.6 Å². The molecule has 5 nitrogen and oxygen atoms in total. The second kappa shape index (κ2) is 8.39. The van der Waals surface area contributed by atoms with Crippen LogP contribution in [0.5, 0.6) is 0 Å². The Bertz CT molecular complexity index is 790. The molecule has 0 unspecified atom stereocenters. The number of thiophene rings is 1. The van der Waals surface area contributed by atoms with E-state index >= 15 is 0 Å². The van der Waals surface area contributed by atoms with Crippen molar-refractivity contribution in [2.45, 2.75) is 37.9 Å². The summed E-state index contributed by atoms with van der Waals surface area (Å²) in [6, 6.07) is 2.76. The lowest BCUT2D eigenvalue weighted by molar-refractivity contribution is -0.189. The van der Waals surface area contributed by atoms with E-state index < -0.39 is 36.6 Å². The first kappa shape index (κ1) is 19.8. The van der Waals surface area contributed by atoms with Gasteiger partial charge in [-0.25, -0.2) is 9.78 Å². The molecule has 1 amide bonds. The summed E-state index contributed by atoms with van der Waals surface area (Å²) in [5, 5.41) is 6.43. The van der Waals surface area contributed by atoms with E-state index in [-0.39, 0.29) is 18.5 Å². The Kier molecular flexibility index (Phi) is 6.15. The number of aromatic nitrogens is 1. The molecule has 0 bridgehead atoms. The summed E-state index contributed by atoms with van der Waals surface area (Å²) in [7, 11) is 0. The lowest BCUT2D eigenvalue weighted by Crippen LogP contribution is -2.48. The highest BCUT2D eigenvalue weighted by molar-refractivity contribution is 7.20. The third-order valence-corrected chi connectivity index (χ3v) is 6.19. The first-order valence-electron chi connectivity index (χ1n) is 8.37. The number of halogens is 3. The van der Waals surface area contributed by atoms with Crippen molar-refractivity contribution in [3.8, 4) is 9.88 Å². The van der Waals surface area contributed by atoms with E-state index in [1.165, 1.54) is 28.1 Å². The number of alkyl halides is 3. The SMILES string of the molecule is O=C(COC(=O)c1csc(-c2cccs2)n1)N[C@H]1CCCC[C@H]1C(F)(F)F. The number of carbonyl (C=O) groups is 2. The molecule has 0 aromatic carbocycles. The number of rotatable bonds is 5. The first-order valence-corrected chi connectivity index (χ1v) is 10.1. The van der Waals surface area contributed by atoms with Gasteiger partial charge < -0.3 is 10.1 Å². The van der Waals surface area contributed by atoms with Gasteiger partial charge in [-0.3, -0.25) is 4.79 Å². The average Bonchev–Trinajstić information content (AvgIpc) is 3.30. The Balaban J connectivity index is 1.52. The number of hydrogen-bond acceptors (Lipinski definition) is 6. The van der Waals surface area contributed by atoms with Crippen LogP contribution in [-0.4, -0.2) is 35.7 Å². The number of esters is 1. The lowest BCUT2D eigenvalue weighted by Gasteiger charge is -2.33. The topological polar surface area (TPSA) is 68.3 Å². The van der Waals surface area contributed by atoms with Crippen LogP contribution in [0, 0.1) is 5.92 Å². The van der Waals surface area contributed by atoms with Crippen molar-refractivity contribution < 1.29 is 27.5 Å². The maximum atomic E-state index is 13.1. The second-order valence-electron chi connectivity index (χ2n) is 6.20. The van der Waals surface area contributed by atoms with Gasteiger partial charge in [-0.2, -0.15) is 13.2 Å². The van der Waals surface area contributed by atoms with Gasteiger partial charge in [0.05, 0.1) is 10.8 Å². The average molecular weight is 418 g/mol. The molecule has 1 N–H and O–H groups in total. The molecule has 0 aliphatic heterocycles. The van der Waals surface area contributed by atoms with E-state index in [2.05, 4.69) is 10.3 Å². The largest absolute Gasteiger partial charge is 0.451 e. The van der Waals surface area contributed by atoms with Gasteiger partial charge in [0, 0.05) is 11.4 Å². The smallest absolute Gasteiger partial charge is 0.393 e. The number of nitrogens with zero attached hydrogens (tertiary/aromatic N) is 1. The van der Waals surface area contributed by atoms with Crippen LogP contribution in [0.3, 0.4) is 0 Å². The van der Waals surface area contributed by atoms with Crippen LogP contribution >= 0.6 is 22.7 Å². The summed E-state index contributed by atoms with van der Waals surface area (Å²) in [4.78, 5) is 29.0. The highest BCUT2D eigenvalue weighted by Crippen LogP contribution is 2.37. The fraction of sp³-hybridized carbons (Fsp3) is 0.471. The molecule has 10 heteroatoms. The molecule has 3 rings (SSSR count). The summed E-state index contributed by atoms with van der Waals surface area (Å²) in [6.45, 7) is -0.633. The summed E-state index contributed by atoms with van der Waals surface area (Å²) in [6.07, 6.45) is -2.98. The van der Waals surface area contributed by atoms with Gasteiger partial charge in [0.2, 0.25) is 0 Å². The second-order valence-corrected chi connectivity index (χ2v) is 8.00. The molecule has 1 aliphatic carbocycles. The van der Waals surface area contributed by atoms with E-state index in [9.17, 15) is 22.8 Å². The molecule has 2 heterocycles. The summed E-state index contributed by atoms with van der Waals surface area (Å²) >= 11 is 2.75. The third kappa shape index (κ3) is 5.07. The van der Waals surface area contributed by atoms with E-state index in [4.69, 9.17) is 4.74 Å². The maximum Gasteiger partial charge on any atom is 0.393 e. The van der Waals surface area contributed by atoms with Gasteiger partial charge >= 0.3 is 12.1 Å². The number of nitrogens with one attached hydrogen (secondary N) is 1. The fourth-order valence-corrected chi connectivity index (χ4v) is 4.63. The molecule has 2 aromatic rings. The Morgan fingerprint density at radius 3 is 2.74 bits per heavy atom. The highest BCUT2D eigenvalue weighted by Gasteiger charge is 2.45. The van der Waals surface area contributed by atoms with Crippen LogP contribution in [0.2, 0.25) is 0 Å². The Morgan fingerprint density at radius 2 is 2.04 bits per heavy atom. The minimum absolute atomic E-state index is 0.00143. The zero-order chi connectivity index (χ0) is 19.4. The molecule has 2 atom stereocenters. The highest BCUT2D eigenvalue weighted by atomic mass is 32.1. The quantitative estimate of drug-likeness (QED) is 0.737. The Morgan fingerprint density at radius 1 is 1.26 bits per heavy atom. The molecule has 146 valence electrons. The van der Waals surface area contributed by atoms with E-state index in [0.717, 1.165) is 4.88 Å². The fourth-order valence-electron chi connectivity index (χ4n) is 3.03. The van der Waals surface area contributed by atoms with Gasteiger partial charge in [0.1, 0.15) is 5.01 Å². The molecule has 0 spiro atoms. The van der Waals surface area contributed by atoms with Crippen molar-refractivity contribution in [1.82, 2.24) is 10.3 Å². The van der Waals surface area contributed by atoms with Crippen molar-refractivity contribution in [3.63, 3.8) is 0 Å². The van der Waals surface area contributed by atoms with Crippen molar-refractivity contribution in [3.05, 3.63) is 28.6 Å². The Hall–Kier alpha value is -1.94. The predicted octanol–water partition coefficient (Wildman–Crippen LogP) is 4.27. The van der Waals surface area contributed by atoms with E-state index in [1.54, 1.807) is 0 Å². The summed E-state index contributed by atoms with van der Waals surface area (Å²) in [5.74, 6) is -3.07. The molecule has 2 aromatic heterocycles. The van der Waals surface area contributed by atoms with Crippen molar-refractivity contribution in [2.75, 3.05) is 6.61 Å². The van der Waals surface area contributed by atoms with Crippen LogP contribution in [0.25, 0.3) is 9.88 Å². The van der Waals surface area contributed by atoms with E-state index in [0.29, 0.717) is 17.8 Å². The molecular weight excluding hydrogens is 401 g/mol. The standard InChI is InChI=1S/C17H17F3N2O3S2/c18-17(19,20)10-4-1-2-5-11(10)21-14(23)8-25-16(24)12-9-27-15(22-12)13-6-3-7-26-13/h3,6-7,9-11H,1-2,4-5,8H2,(H,21,23)/t10-,11+/m1/s1. The van der Waals surface area contributed by atoms with Gasteiger partial charge in [0.25, 0.3) is 5.91 Å². The maximum absolute atomic E-state index is 13.1. The summed E-state index contributed by atoms with van der Waals surface area (Å²) in [5.41, 5.74) is 0.0713. The van der Waals surface area contributed by atoms with Gasteiger partial charge in [0.15, 0.2) is 12.3 Å². The molecular formula is C17H17F3N2O3S2. The van der Waals surface area contributed by atoms with Crippen molar-refractivity contribution in [1.29, 1.82) is 0 Å². The van der Waals surface area contributed by atoms with E-state index in [1.807, 2.05) is 17.5 Å².